The molecule has 1 aliphatic heterocycles. The zero-order chi connectivity index (χ0) is 19.9. The van der Waals surface area contributed by atoms with E-state index in [1.54, 1.807) is 0 Å². The zero-order valence-corrected chi connectivity index (χ0v) is 17.2. The van der Waals surface area contributed by atoms with Crippen molar-refractivity contribution in [3.05, 3.63) is 71.1 Å². The number of aromatic nitrogens is 3. The molecule has 0 saturated carbocycles. The molecule has 1 aromatic carbocycles. The van der Waals surface area contributed by atoms with Crippen molar-refractivity contribution in [3.8, 4) is 11.3 Å². The SMILES string of the molecule is Clc1ccc(-c2[nH]ncc2CN(CCN2CCOCC2)Cc2cccnc2)cc1. The number of nitrogens with zero attached hydrogens (tertiary/aromatic N) is 4. The molecule has 4 rings (SSSR count). The van der Waals surface area contributed by atoms with Gasteiger partial charge in [-0.1, -0.05) is 29.8 Å². The van der Waals surface area contributed by atoms with E-state index in [1.807, 2.05) is 48.9 Å². The number of rotatable bonds is 8. The lowest BCUT2D eigenvalue weighted by Gasteiger charge is -2.30. The Labute approximate surface area is 176 Å². The third-order valence-corrected chi connectivity index (χ3v) is 5.46. The van der Waals surface area contributed by atoms with Crippen molar-refractivity contribution < 1.29 is 4.74 Å². The zero-order valence-electron chi connectivity index (χ0n) is 16.4. The Morgan fingerprint density at radius 2 is 1.90 bits per heavy atom. The number of aromatic amines is 1. The second-order valence-electron chi connectivity index (χ2n) is 7.30. The first-order valence-corrected chi connectivity index (χ1v) is 10.4. The monoisotopic (exact) mass is 411 g/mol. The molecule has 0 radical (unpaired) electrons. The minimum Gasteiger partial charge on any atom is -0.379 e. The van der Waals surface area contributed by atoms with Crippen molar-refractivity contribution in [2.75, 3.05) is 39.4 Å². The largest absolute Gasteiger partial charge is 0.379 e. The second-order valence-corrected chi connectivity index (χ2v) is 7.74. The van der Waals surface area contributed by atoms with Crippen molar-refractivity contribution in [1.82, 2.24) is 25.0 Å². The fourth-order valence-electron chi connectivity index (χ4n) is 3.61. The summed E-state index contributed by atoms with van der Waals surface area (Å²) in [5, 5.41) is 8.20. The van der Waals surface area contributed by atoms with Gasteiger partial charge in [0.05, 0.1) is 25.1 Å². The highest BCUT2D eigenvalue weighted by molar-refractivity contribution is 6.30. The van der Waals surface area contributed by atoms with E-state index in [-0.39, 0.29) is 0 Å². The molecule has 1 saturated heterocycles. The van der Waals surface area contributed by atoms with Crippen LogP contribution in [0.15, 0.2) is 55.0 Å². The lowest BCUT2D eigenvalue weighted by molar-refractivity contribution is 0.0325. The van der Waals surface area contributed by atoms with Crippen LogP contribution in [0.1, 0.15) is 11.1 Å². The second kappa shape index (κ2) is 9.98. The van der Waals surface area contributed by atoms with E-state index in [4.69, 9.17) is 16.3 Å². The molecule has 7 heteroatoms. The van der Waals surface area contributed by atoms with Crippen LogP contribution < -0.4 is 0 Å². The molecule has 29 heavy (non-hydrogen) atoms. The summed E-state index contributed by atoms with van der Waals surface area (Å²) in [4.78, 5) is 9.20. The van der Waals surface area contributed by atoms with Crippen LogP contribution in [-0.2, 0) is 17.8 Å². The van der Waals surface area contributed by atoms with Gasteiger partial charge < -0.3 is 4.74 Å². The van der Waals surface area contributed by atoms with Gasteiger partial charge in [-0.05, 0) is 29.3 Å². The summed E-state index contributed by atoms with van der Waals surface area (Å²) in [6.07, 6.45) is 5.68. The minimum atomic E-state index is 0.735. The van der Waals surface area contributed by atoms with Crippen LogP contribution in [0, 0.1) is 0 Å². The predicted octanol–water partition coefficient (Wildman–Crippen LogP) is 3.46. The first kappa shape index (κ1) is 20.0. The number of H-pyrrole nitrogens is 1. The summed E-state index contributed by atoms with van der Waals surface area (Å²) in [5.74, 6) is 0. The van der Waals surface area contributed by atoms with Crippen molar-refractivity contribution in [2.45, 2.75) is 13.1 Å². The fraction of sp³-hybridized carbons (Fsp3) is 0.364. The number of hydrogen-bond acceptors (Lipinski definition) is 5. The van der Waals surface area contributed by atoms with Crippen LogP contribution in [0.25, 0.3) is 11.3 Å². The van der Waals surface area contributed by atoms with Crippen LogP contribution in [0.5, 0.6) is 0 Å². The third kappa shape index (κ3) is 5.64. The summed E-state index contributed by atoms with van der Waals surface area (Å²) in [7, 11) is 0. The Kier molecular flexibility index (Phi) is 6.90. The molecule has 0 atom stereocenters. The van der Waals surface area contributed by atoms with Crippen molar-refractivity contribution >= 4 is 11.6 Å². The van der Waals surface area contributed by atoms with Gasteiger partial charge in [-0.25, -0.2) is 0 Å². The number of morpholine rings is 1. The summed E-state index contributed by atoms with van der Waals surface area (Å²) < 4.78 is 5.48. The highest BCUT2D eigenvalue weighted by Gasteiger charge is 2.16. The smallest absolute Gasteiger partial charge is 0.0695 e. The Morgan fingerprint density at radius 3 is 2.66 bits per heavy atom. The van der Waals surface area contributed by atoms with E-state index in [0.717, 1.165) is 68.8 Å². The molecule has 152 valence electrons. The normalized spacial score (nSPS) is 15.1. The van der Waals surface area contributed by atoms with E-state index in [0.29, 0.717) is 0 Å². The van der Waals surface area contributed by atoms with Gasteiger partial charge in [-0.2, -0.15) is 5.10 Å². The van der Waals surface area contributed by atoms with E-state index >= 15 is 0 Å². The molecule has 0 aliphatic carbocycles. The molecular formula is C22H26ClN5O. The maximum atomic E-state index is 6.05. The Hall–Kier alpha value is -2.25. The summed E-state index contributed by atoms with van der Waals surface area (Å²) >= 11 is 6.05. The van der Waals surface area contributed by atoms with Gasteiger partial charge in [0.25, 0.3) is 0 Å². The summed E-state index contributed by atoms with van der Waals surface area (Å²) in [5.41, 5.74) is 4.53. The number of halogens is 1. The van der Waals surface area contributed by atoms with Gasteiger partial charge in [0.15, 0.2) is 0 Å². The van der Waals surface area contributed by atoms with Crippen molar-refractivity contribution in [2.24, 2.45) is 0 Å². The number of ether oxygens (including phenoxy) is 1. The quantitative estimate of drug-likeness (QED) is 0.615. The van der Waals surface area contributed by atoms with Gasteiger partial charge in [-0.15, -0.1) is 0 Å². The van der Waals surface area contributed by atoms with Gasteiger partial charge >= 0.3 is 0 Å². The van der Waals surface area contributed by atoms with Crippen LogP contribution in [0.4, 0.5) is 0 Å². The highest BCUT2D eigenvalue weighted by atomic mass is 35.5. The molecule has 0 spiro atoms. The lowest BCUT2D eigenvalue weighted by atomic mass is 10.1. The van der Waals surface area contributed by atoms with Gasteiger partial charge in [-0.3, -0.25) is 19.9 Å². The molecule has 3 aromatic rings. The van der Waals surface area contributed by atoms with Crippen LogP contribution in [-0.4, -0.2) is 64.4 Å². The van der Waals surface area contributed by atoms with E-state index in [2.05, 4.69) is 31.0 Å². The molecule has 1 aliphatic rings. The fourth-order valence-corrected chi connectivity index (χ4v) is 3.74. The first-order valence-electron chi connectivity index (χ1n) is 9.97. The van der Waals surface area contributed by atoms with Crippen LogP contribution in [0.2, 0.25) is 5.02 Å². The van der Waals surface area contributed by atoms with Crippen LogP contribution in [0.3, 0.4) is 0 Å². The standard InChI is InChI=1S/C22H26ClN5O/c23-21-5-3-19(4-6-21)22-20(15-25-26-22)17-28(16-18-2-1-7-24-14-18)9-8-27-10-12-29-13-11-27/h1-7,14-15H,8-13,16-17H2,(H,25,26). The maximum absolute atomic E-state index is 6.05. The van der Waals surface area contributed by atoms with Gasteiger partial charge in [0, 0.05) is 62.2 Å². The topological polar surface area (TPSA) is 57.3 Å². The van der Waals surface area contributed by atoms with E-state index in [9.17, 15) is 0 Å². The first-order chi connectivity index (χ1) is 14.3. The van der Waals surface area contributed by atoms with Gasteiger partial charge in [0.1, 0.15) is 0 Å². The molecule has 2 aromatic heterocycles. The summed E-state index contributed by atoms with van der Waals surface area (Å²) in [6.45, 7) is 7.32. The molecule has 6 nitrogen and oxygen atoms in total. The van der Waals surface area contributed by atoms with E-state index in [1.165, 1.54) is 11.1 Å². The Morgan fingerprint density at radius 1 is 1.07 bits per heavy atom. The number of benzene rings is 1. The Balaban J connectivity index is 1.48. The summed E-state index contributed by atoms with van der Waals surface area (Å²) in [6, 6.07) is 12.0. The number of hydrogen-bond donors (Lipinski definition) is 1. The highest BCUT2D eigenvalue weighted by Crippen LogP contribution is 2.24. The lowest BCUT2D eigenvalue weighted by Crippen LogP contribution is -2.41. The van der Waals surface area contributed by atoms with Crippen molar-refractivity contribution in [3.63, 3.8) is 0 Å². The molecule has 1 fully saturated rings. The van der Waals surface area contributed by atoms with Crippen molar-refractivity contribution in [1.29, 1.82) is 0 Å². The molecule has 3 heterocycles. The molecular weight excluding hydrogens is 386 g/mol. The molecule has 0 unspecified atom stereocenters. The predicted molar refractivity (Wildman–Crippen MR) is 115 cm³/mol. The Bertz CT molecular complexity index is 878. The number of nitrogens with one attached hydrogen (secondary N) is 1. The maximum Gasteiger partial charge on any atom is 0.0695 e. The molecule has 0 bridgehead atoms. The average Bonchev–Trinajstić information content (AvgIpc) is 3.22. The average molecular weight is 412 g/mol. The third-order valence-electron chi connectivity index (χ3n) is 5.21. The minimum absolute atomic E-state index is 0.735. The molecule has 0 amide bonds. The van der Waals surface area contributed by atoms with E-state index < -0.39 is 0 Å². The van der Waals surface area contributed by atoms with Crippen LogP contribution >= 0.6 is 11.6 Å². The number of pyridine rings is 1. The molecule has 1 N–H and O–H groups in total. The van der Waals surface area contributed by atoms with Gasteiger partial charge in [0.2, 0.25) is 0 Å².